The standard InChI is InChI=1S/C13H21N5/c1-9-6-12(18(5)15-9)7-14-8-13-10(2)16-17(4)11(13)3/h6,14H,7-8H2,1-5H3. The van der Waals surface area contributed by atoms with Gasteiger partial charge in [0.05, 0.1) is 17.1 Å². The van der Waals surface area contributed by atoms with Crippen molar-refractivity contribution in [3.63, 3.8) is 0 Å². The van der Waals surface area contributed by atoms with E-state index >= 15 is 0 Å². The van der Waals surface area contributed by atoms with Crippen molar-refractivity contribution < 1.29 is 0 Å². The molecule has 0 unspecified atom stereocenters. The maximum atomic E-state index is 4.42. The number of nitrogens with one attached hydrogen (secondary N) is 1. The van der Waals surface area contributed by atoms with Crippen LogP contribution in [0.3, 0.4) is 0 Å². The SMILES string of the molecule is Cc1cc(CNCc2c(C)nn(C)c2C)n(C)n1. The summed E-state index contributed by atoms with van der Waals surface area (Å²) in [5.74, 6) is 0. The van der Waals surface area contributed by atoms with Gasteiger partial charge in [0.2, 0.25) is 0 Å². The van der Waals surface area contributed by atoms with Crippen molar-refractivity contribution in [2.45, 2.75) is 33.9 Å². The molecule has 0 spiro atoms. The minimum absolute atomic E-state index is 0.825. The topological polar surface area (TPSA) is 47.7 Å². The van der Waals surface area contributed by atoms with Crippen LogP contribution in [-0.2, 0) is 27.2 Å². The number of nitrogens with zero attached hydrogens (tertiary/aromatic N) is 4. The third kappa shape index (κ3) is 2.46. The van der Waals surface area contributed by atoms with Gasteiger partial charge in [-0.25, -0.2) is 0 Å². The van der Waals surface area contributed by atoms with E-state index in [9.17, 15) is 0 Å². The largest absolute Gasteiger partial charge is 0.307 e. The first-order valence-corrected chi connectivity index (χ1v) is 6.18. The summed E-state index contributed by atoms with van der Waals surface area (Å²) in [6.07, 6.45) is 0. The second-order valence-corrected chi connectivity index (χ2v) is 4.78. The Morgan fingerprint density at radius 2 is 1.78 bits per heavy atom. The van der Waals surface area contributed by atoms with Crippen LogP contribution in [-0.4, -0.2) is 19.6 Å². The van der Waals surface area contributed by atoms with Crippen LogP contribution >= 0.6 is 0 Å². The van der Waals surface area contributed by atoms with E-state index in [-0.39, 0.29) is 0 Å². The molecule has 2 heterocycles. The average Bonchev–Trinajstić information content (AvgIpc) is 2.73. The zero-order valence-corrected chi connectivity index (χ0v) is 11.8. The average molecular weight is 247 g/mol. The molecule has 0 aliphatic heterocycles. The molecule has 2 aromatic rings. The van der Waals surface area contributed by atoms with Gasteiger partial charge < -0.3 is 5.32 Å². The molecule has 18 heavy (non-hydrogen) atoms. The molecule has 2 rings (SSSR count). The summed E-state index contributed by atoms with van der Waals surface area (Å²) in [5.41, 5.74) is 5.87. The van der Waals surface area contributed by atoms with Crippen molar-refractivity contribution in [1.29, 1.82) is 0 Å². The molecule has 98 valence electrons. The third-order valence-corrected chi connectivity index (χ3v) is 3.37. The van der Waals surface area contributed by atoms with E-state index in [0.29, 0.717) is 0 Å². The fourth-order valence-electron chi connectivity index (χ4n) is 2.22. The van der Waals surface area contributed by atoms with Crippen molar-refractivity contribution in [1.82, 2.24) is 24.9 Å². The number of rotatable bonds is 4. The van der Waals surface area contributed by atoms with E-state index < -0.39 is 0 Å². The van der Waals surface area contributed by atoms with E-state index in [2.05, 4.69) is 35.4 Å². The van der Waals surface area contributed by atoms with Crippen LogP contribution in [0.4, 0.5) is 0 Å². The van der Waals surface area contributed by atoms with E-state index in [1.165, 1.54) is 17.0 Å². The van der Waals surface area contributed by atoms with Gasteiger partial charge in [0.1, 0.15) is 0 Å². The molecule has 1 N–H and O–H groups in total. The Bertz CT molecular complexity index is 550. The van der Waals surface area contributed by atoms with Gasteiger partial charge in [0.25, 0.3) is 0 Å². The molecule has 0 atom stereocenters. The summed E-state index contributed by atoms with van der Waals surface area (Å²) in [4.78, 5) is 0. The smallest absolute Gasteiger partial charge is 0.0641 e. The maximum Gasteiger partial charge on any atom is 0.0641 e. The van der Waals surface area contributed by atoms with Gasteiger partial charge in [0.15, 0.2) is 0 Å². The number of aromatic nitrogens is 4. The molecule has 0 amide bonds. The van der Waals surface area contributed by atoms with Crippen LogP contribution in [0.1, 0.15) is 28.3 Å². The molecule has 5 nitrogen and oxygen atoms in total. The van der Waals surface area contributed by atoms with Gasteiger partial charge in [-0.2, -0.15) is 10.2 Å². The molecule has 2 aromatic heterocycles. The van der Waals surface area contributed by atoms with Crippen LogP contribution in [0.5, 0.6) is 0 Å². The molecule has 0 bridgehead atoms. The molecule has 0 radical (unpaired) electrons. The van der Waals surface area contributed by atoms with Crippen molar-refractivity contribution in [3.8, 4) is 0 Å². The molecule has 0 aliphatic carbocycles. The monoisotopic (exact) mass is 247 g/mol. The van der Waals surface area contributed by atoms with E-state index in [1.807, 2.05) is 30.4 Å². The minimum Gasteiger partial charge on any atom is -0.307 e. The lowest BCUT2D eigenvalue weighted by Gasteiger charge is -2.05. The third-order valence-electron chi connectivity index (χ3n) is 3.37. The maximum absolute atomic E-state index is 4.42. The van der Waals surface area contributed by atoms with Crippen LogP contribution in [0.25, 0.3) is 0 Å². The van der Waals surface area contributed by atoms with Crippen molar-refractivity contribution in [2.75, 3.05) is 0 Å². The van der Waals surface area contributed by atoms with Crippen LogP contribution in [0.2, 0.25) is 0 Å². The lowest BCUT2D eigenvalue weighted by Crippen LogP contribution is -2.16. The van der Waals surface area contributed by atoms with E-state index in [4.69, 9.17) is 0 Å². The fraction of sp³-hybridized carbons (Fsp3) is 0.538. The van der Waals surface area contributed by atoms with Gasteiger partial charge in [-0.05, 0) is 26.8 Å². The summed E-state index contributed by atoms with van der Waals surface area (Å²) >= 11 is 0. The summed E-state index contributed by atoms with van der Waals surface area (Å²) in [6, 6.07) is 2.11. The first-order valence-electron chi connectivity index (χ1n) is 6.18. The second kappa shape index (κ2) is 4.94. The fourth-order valence-corrected chi connectivity index (χ4v) is 2.22. The summed E-state index contributed by atoms with van der Waals surface area (Å²) < 4.78 is 3.85. The predicted octanol–water partition coefficient (Wildman–Crippen LogP) is 1.37. The van der Waals surface area contributed by atoms with Gasteiger partial charge >= 0.3 is 0 Å². The molecule has 0 fully saturated rings. The highest BCUT2D eigenvalue weighted by Crippen LogP contribution is 2.11. The molecule has 5 heteroatoms. The molecule has 0 saturated carbocycles. The Hall–Kier alpha value is -1.62. The van der Waals surface area contributed by atoms with Gasteiger partial charge in [-0.1, -0.05) is 0 Å². The Balaban J connectivity index is 1.98. The summed E-state index contributed by atoms with van der Waals surface area (Å²) in [5, 5.41) is 12.2. The Labute approximate surface area is 108 Å². The highest BCUT2D eigenvalue weighted by atomic mass is 15.3. The first-order chi connectivity index (χ1) is 8.49. The Kier molecular flexibility index (Phi) is 3.52. The van der Waals surface area contributed by atoms with Crippen molar-refractivity contribution >= 4 is 0 Å². The molecule has 0 aliphatic rings. The Morgan fingerprint density at radius 3 is 2.28 bits per heavy atom. The second-order valence-electron chi connectivity index (χ2n) is 4.78. The van der Waals surface area contributed by atoms with Crippen molar-refractivity contribution in [3.05, 3.63) is 34.4 Å². The van der Waals surface area contributed by atoms with Gasteiger partial charge in [-0.15, -0.1) is 0 Å². The highest BCUT2D eigenvalue weighted by Gasteiger charge is 2.09. The number of hydrogen-bond donors (Lipinski definition) is 1. The van der Waals surface area contributed by atoms with Gasteiger partial charge in [-0.3, -0.25) is 9.36 Å². The zero-order chi connectivity index (χ0) is 13.3. The van der Waals surface area contributed by atoms with Crippen LogP contribution < -0.4 is 5.32 Å². The van der Waals surface area contributed by atoms with E-state index in [1.54, 1.807) is 0 Å². The lowest BCUT2D eigenvalue weighted by molar-refractivity contribution is 0.621. The molecule has 0 saturated heterocycles. The van der Waals surface area contributed by atoms with Gasteiger partial charge in [0, 0.05) is 38.4 Å². The number of hydrogen-bond acceptors (Lipinski definition) is 3. The summed E-state index contributed by atoms with van der Waals surface area (Å²) in [6.45, 7) is 7.84. The normalized spacial score (nSPS) is 11.2. The minimum atomic E-state index is 0.825. The lowest BCUT2D eigenvalue weighted by atomic mass is 10.2. The Morgan fingerprint density at radius 1 is 1.06 bits per heavy atom. The van der Waals surface area contributed by atoms with Crippen molar-refractivity contribution in [2.24, 2.45) is 14.1 Å². The molecular formula is C13H21N5. The first kappa shape index (κ1) is 12.8. The molecule has 0 aromatic carbocycles. The van der Waals surface area contributed by atoms with E-state index in [0.717, 1.165) is 24.5 Å². The quantitative estimate of drug-likeness (QED) is 0.887. The summed E-state index contributed by atoms with van der Waals surface area (Å²) in [7, 11) is 3.96. The zero-order valence-electron chi connectivity index (χ0n) is 11.8. The van der Waals surface area contributed by atoms with Crippen LogP contribution in [0, 0.1) is 20.8 Å². The highest BCUT2D eigenvalue weighted by molar-refractivity contribution is 5.24. The predicted molar refractivity (Wildman–Crippen MR) is 71.2 cm³/mol. The molecular weight excluding hydrogens is 226 g/mol. The van der Waals surface area contributed by atoms with Crippen LogP contribution in [0.15, 0.2) is 6.07 Å². The number of aryl methyl sites for hydroxylation is 4.